The van der Waals surface area contributed by atoms with Crippen molar-refractivity contribution in [2.75, 3.05) is 0 Å². The van der Waals surface area contributed by atoms with Crippen LogP contribution in [0.3, 0.4) is 0 Å². The number of carboxylic acids is 1. The molecule has 12 heavy (non-hydrogen) atoms. The van der Waals surface area contributed by atoms with Crippen LogP contribution in [0.1, 0.15) is 33.6 Å². The second-order valence-corrected chi connectivity index (χ2v) is 3.21. The molecule has 70 valence electrons. The number of Topliss-reactive ketones (excluding diaryl/α,β-unsaturated/α-hetero) is 1. The van der Waals surface area contributed by atoms with Crippen LogP contribution in [0.15, 0.2) is 0 Å². The number of aliphatic carboxylic acids is 1. The topological polar surface area (TPSA) is 54.4 Å². The largest absolute Gasteiger partial charge is 0.481 e. The van der Waals surface area contributed by atoms with E-state index >= 15 is 0 Å². The number of carbonyl (C=O) groups excluding carboxylic acids is 1. The third-order valence-electron chi connectivity index (χ3n) is 2.06. The zero-order chi connectivity index (χ0) is 9.72. The van der Waals surface area contributed by atoms with Gasteiger partial charge in [-0.25, -0.2) is 0 Å². The van der Waals surface area contributed by atoms with E-state index in [1.807, 2.05) is 13.8 Å². The molecule has 0 saturated heterocycles. The molecule has 0 spiro atoms. The first-order chi connectivity index (χ1) is 5.49. The van der Waals surface area contributed by atoms with E-state index in [-0.39, 0.29) is 24.0 Å². The van der Waals surface area contributed by atoms with Crippen LogP contribution in [-0.2, 0) is 9.59 Å². The number of hydrogen-bond donors (Lipinski definition) is 1. The molecule has 0 rings (SSSR count). The Morgan fingerprint density at radius 2 is 1.75 bits per heavy atom. The van der Waals surface area contributed by atoms with E-state index in [9.17, 15) is 9.59 Å². The summed E-state index contributed by atoms with van der Waals surface area (Å²) in [7, 11) is 0. The Balaban J connectivity index is 4.01. The van der Waals surface area contributed by atoms with Crippen molar-refractivity contribution in [3.05, 3.63) is 0 Å². The third-order valence-corrected chi connectivity index (χ3v) is 2.06. The third kappa shape index (κ3) is 3.51. The van der Waals surface area contributed by atoms with Crippen molar-refractivity contribution in [2.45, 2.75) is 33.6 Å². The average Bonchev–Trinajstić information content (AvgIpc) is 2.00. The van der Waals surface area contributed by atoms with Crippen molar-refractivity contribution in [3.8, 4) is 0 Å². The molecule has 3 heteroatoms. The summed E-state index contributed by atoms with van der Waals surface area (Å²) >= 11 is 0. The lowest BCUT2D eigenvalue weighted by atomic mass is 9.91. The summed E-state index contributed by atoms with van der Waals surface area (Å²) in [6.45, 7) is 5.43. The van der Waals surface area contributed by atoms with E-state index in [2.05, 4.69) is 0 Å². The van der Waals surface area contributed by atoms with Crippen molar-refractivity contribution < 1.29 is 14.7 Å². The Kier molecular flexibility index (Phi) is 4.55. The first-order valence-electron chi connectivity index (χ1n) is 4.24. The summed E-state index contributed by atoms with van der Waals surface area (Å²) in [5, 5.41) is 8.44. The van der Waals surface area contributed by atoms with Crippen LogP contribution in [0.4, 0.5) is 0 Å². The molecule has 0 aliphatic heterocycles. The molecular weight excluding hydrogens is 156 g/mol. The van der Waals surface area contributed by atoms with Gasteiger partial charge in [0.25, 0.3) is 0 Å². The monoisotopic (exact) mass is 172 g/mol. The van der Waals surface area contributed by atoms with Crippen molar-refractivity contribution in [3.63, 3.8) is 0 Å². The van der Waals surface area contributed by atoms with Gasteiger partial charge in [-0.15, -0.1) is 0 Å². The summed E-state index contributed by atoms with van der Waals surface area (Å²) in [5.74, 6) is -1.21. The minimum absolute atomic E-state index is 0.0145. The molecule has 3 nitrogen and oxygen atoms in total. The van der Waals surface area contributed by atoms with Crippen LogP contribution < -0.4 is 0 Å². The number of rotatable bonds is 5. The maximum atomic E-state index is 11.3. The predicted molar refractivity (Wildman–Crippen MR) is 45.9 cm³/mol. The Morgan fingerprint density at radius 1 is 1.25 bits per heavy atom. The van der Waals surface area contributed by atoms with Gasteiger partial charge in [0.2, 0.25) is 0 Å². The van der Waals surface area contributed by atoms with Gasteiger partial charge in [-0.1, -0.05) is 20.8 Å². The highest BCUT2D eigenvalue weighted by Crippen LogP contribution is 2.13. The standard InChI is InChI=1S/C9H16O3/c1-4-6(2)9(12)7(3)5-8(10)11/h6-7H,4-5H2,1-3H3,(H,10,11). The van der Waals surface area contributed by atoms with E-state index in [4.69, 9.17) is 5.11 Å². The van der Waals surface area contributed by atoms with Gasteiger partial charge in [-0.2, -0.15) is 0 Å². The lowest BCUT2D eigenvalue weighted by Gasteiger charge is -2.12. The predicted octanol–water partition coefficient (Wildman–Crippen LogP) is 1.71. The minimum atomic E-state index is -0.904. The van der Waals surface area contributed by atoms with Crippen LogP contribution in [0.5, 0.6) is 0 Å². The molecule has 0 aromatic heterocycles. The van der Waals surface area contributed by atoms with Crippen molar-refractivity contribution in [1.29, 1.82) is 0 Å². The molecule has 0 radical (unpaired) electrons. The van der Waals surface area contributed by atoms with Gasteiger partial charge in [-0.05, 0) is 6.42 Å². The Morgan fingerprint density at radius 3 is 2.08 bits per heavy atom. The molecule has 0 fully saturated rings. The highest BCUT2D eigenvalue weighted by molar-refractivity contribution is 5.86. The number of hydrogen-bond acceptors (Lipinski definition) is 2. The molecular formula is C9H16O3. The van der Waals surface area contributed by atoms with E-state index in [0.29, 0.717) is 0 Å². The average molecular weight is 172 g/mol. The van der Waals surface area contributed by atoms with Crippen LogP contribution >= 0.6 is 0 Å². The van der Waals surface area contributed by atoms with Crippen LogP contribution in [0.2, 0.25) is 0 Å². The summed E-state index contributed by atoms with van der Waals surface area (Å²) in [6.07, 6.45) is 0.728. The highest BCUT2D eigenvalue weighted by atomic mass is 16.4. The molecule has 2 unspecified atom stereocenters. The van der Waals surface area contributed by atoms with E-state index in [0.717, 1.165) is 6.42 Å². The Hall–Kier alpha value is -0.860. The first-order valence-corrected chi connectivity index (χ1v) is 4.24. The van der Waals surface area contributed by atoms with E-state index in [1.165, 1.54) is 0 Å². The molecule has 0 saturated carbocycles. The number of ketones is 1. The Bertz CT molecular complexity index is 175. The molecule has 0 aliphatic carbocycles. The highest BCUT2D eigenvalue weighted by Gasteiger charge is 2.20. The van der Waals surface area contributed by atoms with Crippen LogP contribution in [0, 0.1) is 11.8 Å². The van der Waals surface area contributed by atoms with Crippen LogP contribution in [0.25, 0.3) is 0 Å². The molecule has 0 aromatic rings. The normalized spacial score (nSPS) is 15.2. The summed E-state index contributed by atoms with van der Waals surface area (Å²) in [6, 6.07) is 0. The van der Waals surface area contributed by atoms with Crippen molar-refractivity contribution in [1.82, 2.24) is 0 Å². The van der Waals surface area contributed by atoms with Crippen LogP contribution in [-0.4, -0.2) is 16.9 Å². The molecule has 0 heterocycles. The van der Waals surface area contributed by atoms with Gasteiger partial charge >= 0.3 is 5.97 Å². The van der Waals surface area contributed by atoms with Gasteiger partial charge in [0.05, 0.1) is 6.42 Å². The van der Waals surface area contributed by atoms with Crippen molar-refractivity contribution >= 4 is 11.8 Å². The van der Waals surface area contributed by atoms with Crippen molar-refractivity contribution in [2.24, 2.45) is 11.8 Å². The maximum absolute atomic E-state index is 11.3. The van der Waals surface area contributed by atoms with Gasteiger partial charge < -0.3 is 5.11 Å². The number of carbonyl (C=O) groups is 2. The van der Waals surface area contributed by atoms with Gasteiger partial charge in [0.15, 0.2) is 0 Å². The lowest BCUT2D eigenvalue weighted by molar-refractivity contribution is -0.141. The summed E-state index contributed by atoms with van der Waals surface area (Å²) in [5.41, 5.74) is 0. The summed E-state index contributed by atoms with van der Waals surface area (Å²) < 4.78 is 0. The zero-order valence-electron chi connectivity index (χ0n) is 7.83. The molecule has 0 amide bonds. The smallest absolute Gasteiger partial charge is 0.304 e. The van der Waals surface area contributed by atoms with E-state index in [1.54, 1.807) is 6.92 Å². The van der Waals surface area contributed by atoms with Gasteiger partial charge in [0, 0.05) is 11.8 Å². The SMILES string of the molecule is CCC(C)C(=O)C(C)CC(=O)O. The fraction of sp³-hybridized carbons (Fsp3) is 0.778. The maximum Gasteiger partial charge on any atom is 0.304 e. The molecule has 0 aliphatic rings. The second kappa shape index (κ2) is 4.91. The van der Waals surface area contributed by atoms with E-state index < -0.39 is 5.97 Å². The quantitative estimate of drug-likeness (QED) is 0.686. The van der Waals surface area contributed by atoms with Gasteiger partial charge in [-0.3, -0.25) is 9.59 Å². The zero-order valence-corrected chi connectivity index (χ0v) is 7.83. The fourth-order valence-corrected chi connectivity index (χ4v) is 1.05. The van der Waals surface area contributed by atoms with Gasteiger partial charge in [0.1, 0.15) is 5.78 Å². The minimum Gasteiger partial charge on any atom is -0.481 e. The summed E-state index contributed by atoms with van der Waals surface area (Å²) in [4.78, 5) is 21.6. The Labute approximate surface area is 72.8 Å². The molecule has 1 N–H and O–H groups in total. The molecule has 0 aromatic carbocycles. The second-order valence-electron chi connectivity index (χ2n) is 3.21. The number of carboxylic acid groups (broad SMARTS) is 1. The lowest BCUT2D eigenvalue weighted by Crippen LogP contribution is -2.21. The molecule has 0 bridgehead atoms. The first kappa shape index (κ1) is 11.1. The fourth-order valence-electron chi connectivity index (χ4n) is 1.05. The molecule has 2 atom stereocenters.